The van der Waals surface area contributed by atoms with E-state index in [1.165, 1.54) is 0 Å². The van der Waals surface area contributed by atoms with Crippen molar-refractivity contribution in [2.45, 2.75) is 13.5 Å². The van der Waals surface area contributed by atoms with Crippen LogP contribution >= 0.6 is 0 Å². The van der Waals surface area contributed by atoms with Gasteiger partial charge in [-0.25, -0.2) is 4.72 Å². The molecule has 0 bridgehead atoms. The predicted octanol–water partition coefficient (Wildman–Crippen LogP) is 1.11. The normalized spacial score (nSPS) is 12.1. The first-order chi connectivity index (χ1) is 8.12. The van der Waals surface area contributed by atoms with Crippen molar-refractivity contribution in [3.05, 3.63) is 36.0 Å². The van der Waals surface area contributed by atoms with Crippen LogP contribution in [0.15, 0.2) is 30.5 Å². The summed E-state index contributed by atoms with van der Waals surface area (Å²) in [5, 5.41) is 1.03. The van der Waals surface area contributed by atoms with Crippen LogP contribution in [-0.2, 0) is 16.8 Å². The van der Waals surface area contributed by atoms with Crippen LogP contribution in [0.3, 0.4) is 0 Å². The molecule has 0 unspecified atom stereocenters. The number of hydrogen-bond donors (Lipinski definition) is 3. The van der Waals surface area contributed by atoms with Crippen molar-refractivity contribution in [2.75, 3.05) is 6.54 Å². The molecule has 5 nitrogen and oxygen atoms in total. The number of nitrogens with one attached hydrogen (secondary N) is 3. The molecule has 0 aliphatic rings. The average molecular weight is 253 g/mol. The second-order valence-corrected chi connectivity index (χ2v) is 5.27. The number of aromatic nitrogens is 1. The van der Waals surface area contributed by atoms with Gasteiger partial charge >= 0.3 is 0 Å². The second-order valence-electron chi connectivity index (χ2n) is 3.68. The van der Waals surface area contributed by atoms with E-state index < -0.39 is 10.2 Å². The maximum Gasteiger partial charge on any atom is 0.277 e. The topological polar surface area (TPSA) is 74.0 Å². The Morgan fingerprint density at radius 2 is 2.00 bits per heavy atom. The van der Waals surface area contributed by atoms with Gasteiger partial charge in [0.1, 0.15) is 0 Å². The quantitative estimate of drug-likeness (QED) is 0.747. The summed E-state index contributed by atoms with van der Waals surface area (Å²) in [6, 6.07) is 7.78. The molecule has 2 rings (SSSR count). The fourth-order valence-corrected chi connectivity index (χ4v) is 2.52. The van der Waals surface area contributed by atoms with Crippen molar-refractivity contribution >= 4 is 21.1 Å². The lowest BCUT2D eigenvalue weighted by Crippen LogP contribution is -2.35. The van der Waals surface area contributed by atoms with Crippen LogP contribution in [0.25, 0.3) is 10.9 Å². The maximum atomic E-state index is 11.4. The molecule has 0 amide bonds. The van der Waals surface area contributed by atoms with Crippen molar-refractivity contribution in [3.63, 3.8) is 0 Å². The summed E-state index contributed by atoms with van der Waals surface area (Å²) in [6.07, 6.45) is 1.82. The summed E-state index contributed by atoms with van der Waals surface area (Å²) in [5.74, 6) is 0. The van der Waals surface area contributed by atoms with Gasteiger partial charge in [0, 0.05) is 30.2 Å². The smallest absolute Gasteiger partial charge is 0.277 e. The van der Waals surface area contributed by atoms with Crippen molar-refractivity contribution in [1.29, 1.82) is 0 Å². The Morgan fingerprint density at radius 3 is 2.76 bits per heavy atom. The lowest BCUT2D eigenvalue weighted by molar-refractivity contribution is 0.568. The van der Waals surface area contributed by atoms with Gasteiger partial charge in [-0.05, 0) is 11.6 Å². The number of fused-ring (bicyclic) bond motifs is 1. The minimum Gasteiger partial charge on any atom is -0.361 e. The van der Waals surface area contributed by atoms with E-state index in [1.54, 1.807) is 6.92 Å². The van der Waals surface area contributed by atoms with E-state index in [-0.39, 0.29) is 6.54 Å². The van der Waals surface area contributed by atoms with E-state index in [0.717, 1.165) is 16.5 Å². The molecule has 0 saturated carbocycles. The Kier molecular flexibility index (Phi) is 3.46. The molecule has 0 atom stereocenters. The summed E-state index contributed by atoms with van der Waals surface area (Å²) in [4.78, 5) is 3.10. The van der Waals surface area contributed by atoms with Gasteiger partial charge in [-0.3, -0.25) is 0 Å². The highest BCUT2D eigenvalue weighted by Crippen LogP contribution is 2.17. The standard InChI is InChI=1S/C11H15N3O2S/c1-2-13-17(15,16)14-8-9-7-12-11-6-4-3-5-10(9)11/h3-7,12-14H,2,8H2,1H3. The first-order valence-corrected chi connectivity index (χ1v) is 6.90. The number of H-pyrrole nitrogens is 1. The molecule has 3 N–H and O–H groups in total. The van der Waals surface area contributed by atoms with Crippen LogP contribution in [0.5, 0.6) is 0 Å². The molecular formula is C11H15N3O2S. The van der Waals surface area contributed by atoms with E-state index in [9.17, 15) is 8.42 Å². The maximum absolute atomic E-state index is 11.4. The van der Waals surface area contributed by atoms with E-state index in [1.807, 2.05) is 30.5 Å². The third-order valence-electron chi connectivity index (χ3n) is 2.46. The zero-order chi connectivity index (χ0) is 12.3. The summed E-state index contributed by atoms with van der Waals surface area (Å²) in [6.45, 7) is 2.40. The van der Waals surface area contributed by atoms with Crippen LogP contribution < -0.4 is 9.44 Å². The Balaban J connectivity index is 2.15. The molecule has 0 aliphatic heterocycles. The molecule has 0 radical (unpaired) electrons. The van der Waals surface area contributed by atoms with Crippen molar-refractivity contribution < 1.29 is 8.42 Å². The molecular weight excluding hydrogens is 238 g/mol. The molecule has 17 heavy (non-hydrogen) atoms. The first kappa shape index (κ1) is 12.1. The van der Waals surface area contributed by atoms with Gasteiger partial charge in [0.2, 0.25) is 0 Å². The lowest BCUT2D eigenvalue weighted by Gasteiger charge is -2.05. The van der Waals surface area contributed by atoms with Crippen molar-refractivity contribution in [3.8, 4) is 0 Å². The van der Waals surface area contributed by atoms with Gasteiger partial charge in [0.25, 0.3) is 10.2 Å². The fourth-order valence-electron chi connectivity index (χ4n) is 1.69. The van der Waals surface area contributed by atoms with Gasteiger partial charge in [0.15, 0.2) is 0 Å². The molecule has 0 fully saturated rings. The van der Waals surface area contributed by atoms with Crippen LogP contribution in [0, 0.1) is 0 Å². The molecule has 1 aromatic heterocycles. The van der Waals surface area contributed by atoms with Crippen LogP contribution in [0.2, 0.25) is 0 Å². The number of hydrogen-bond acceptors (Lipinski definition) is 2. The Bertz CT molecular complexity index is 604. The van der Waals surface area contributed by atoms with Crippen LogP contribution in [0.4, 0.5) is 0 Å². The second kappa shape index (κ2) is 4.87. The summed E-state index contributed by atoms with van der Waals surface area (Å²) in [7, 11) is -3.39. The molecule has 0 aliphatic carbocycles. The number of rotatable bonds is 5. The largest absolute Gasteiger partial charge is 0.361 e. The van der Waals surface area contributed by atoms with Gasteiger partial charge in [0.05, 0.1) is 0 Å². The molecule has 1 aromatic carbocycles. The molecule has 6 heteroatoms. The van der Waals surface area contributed by atoms with Crippen LogP contribution in [0.1, 0.15) is 12.5 Å². The minimum absolute atomic E-state index is 0.277. The molecule has 0 spiro atoms. The molecule has 0 saturated heterocycles. The Morgan fingerprint density at radius 1 is 1.24 bits per heavy atom. The first-order valence-electron chi connectivity index (χ1n) is 5.41. The monoisotopic (exact) mass is 253 g/mol. The average Bonchev–Trinajstić information content (AvgIpc) is 2.70. The van der Waals surface area contributed by atoms with Crippen molar-refractivity contribution in [2.24, 2.45) is 0 Å². The Hall–Kier alpha value is -1.37. The van der Waals surface area contributed by atoms with E-state index in [4.69, 9.17) is 0 Å². The predicted molar refractivity (Wildman–Crippen MR) is 67.7 cm³/mol. The number of benzene rings is 1. The number of aromatic amines is 1. The zero-order valence-electron chi connectivity index (χ0n) is 9.53. The highest BCUT2D eigenvalue weighted by Gasteiger charge is 2.09. The lowest BCUT2D eigenvalue weighted by atomic mass is 10.2. The summed E-state index contributed by atoms with van der Waals surface area (Å²) in [5.41, 5.74) is 1.94. The van der Waals surface area contributed by atoms with Gasteiger partial charge in [-0.1, -0.05) is 25.1 Å². The van der Waals surface area contributed by atoms with E-state index >= 15 is 0 Å². The SMILES string of the molecule is CCNS(=O)(=O)NCc1c[nH]c2ccccc12. The van der Waals surface area contributed by atoms with Crippen LogP contribution in [-0.4, -0.2) is 19.9 Å². The fraction of sp³-hybridized carbons (Fsp3) is 0.273. The molecule has 1 heterocycles. The highest BCUT2D eigenvalue weighted by molar-refractivity contribution is 7.87. The third-order valence-corrected chi connectivity index (χ3v) is 3.66. The Labute approximate surface area is 100 Å². The van der Waals surface area contributed by atoms with Gasteiger partial charge < -0.3 is 4.98 Å². The highest BCUT2D eigenvalue weighted by atomic mass is 32.2. The van der Waals surface area contributed by atoms with E-state index in [0.29, 0.717) is 6.54 Å². The third kappa shape index (κ3) is 2.85. The van der Waals surface area contributed by atoms with Crippen molar-refractivity contribution in [1.82, 2.24) is 14.4 Å². The number of para-hydroxylation sites is 1. The zero-order valence-corrected chi connectivity index (χ0v) is 10.3. The molecule has 2 aromatic rings. The summed E-state index contributed by atoms with van der Waals surface area (Å²) < 4.78 is 27.7. The summed E-state index contributed by atoms with van der Waals surface area (Å²) >= 11 is 0. The van der Waals surface area contributed by atoms with E-state index in [2.05, 4.69) is 14.4 Å². The van der Waals surface area contributed by atoms with Gasteiger partial charge in [-0.2, -0.15) is 13.1 Å². The van der Waals surface area contributed by atoms with Gasteiger partial charge in [-0.15, -0.1) is 0 Å². The minimum atomic E-state index is -3.39. The molecule has 92 valence electrons.